The number of aliphatic carboxylic acids is 1. The first-order valence-corrected chi connectivity index (χ1v) is 9.38. The molecule has 1 atom stereocenters. The van der Waals surface area contributed by atoms with Crippen LogP contribution in [-0.4, -0.2) is 58.2 Å². The summed E-state index contributed by atoms with van der Waals surface area (Å²) in [5, 5.41) is 12.4. The summed E-state index contributed by atoms with van der Waals surface area (Å²) >= 11 is 1.51. The summed E-state index contributed by atoms with van der Waals surface area (Å²) in [6, 6.07) is 1.85. The minimum absolute atomic E-state index is 0.101. The number of carbonyl (C=O) groups is 2. The number of amides is 1. The first kappa shape index (κ1) is 18.6. The quantitative estimate of drug-likeness (QED) is 0.865. The molecule has 7 nitrogen and oxygen atoms in total. The van der Waals surface area contributed by atoms with E-state index in [-0.39, 0.29) is 19.1 Å². The van der Waals surface area contributed by atoms with Gasteiger partial charge in [0, 0.05) is 43.2 Å². The molecule has 0 radical (unpaired) electrons. The van der Waals surface area contributed by atoms with Gasteiger partial charge in [-0.25, -0.2) is 4.98 Å². The van der Waals surface area contributed by atoms with E-state index in [1.807, 2.05) is 29.9 Å². The van der Waals surface area contributed by atoms with Gasteiger partial charge in [0.05, 0.1) is 12.2 Å². The topological polar surface area (TPSA) is 84.7 Å². The lowest BCUT2D eigenvalue weighted by Crippen LogP contribution is -2.52. The molecule has 140 valence electrons. The van der Waals surface area contributed by atoms with Gasteiger partial charge in [0.15, 0.2) is 5.13 Å². The van der Waals surface area contributed by atoms with Crippen molar-refractivity contribution < 1.29 is 19.4 Å². The van der Waals surface area contributed by atoms with Crippen molar-refractivity contribution in [2.45, 2.75) is 26.7 Å². The number of carboxylic acids is 1. The van der Waals surface area contributed by atoms with Gasteiger partial charge in [0.25, 0.3) is 5.91 Å². The fourth-order valence-corrected chi connectivity index (χ4v) is 4.46. The monoisotopic (exact) mass is 377 g/mol. The molecule has 0 spiro atoms. The zero-order valence-electron chi connectivity index (χ0n) is 15.2. The third-order valence-corrected chi connectivity index (χ3v) is 5.77. The second-order valence-corrected chi connectivity index (χ2v) is 7.66. The minimum Gasteiger partial charge on any atom is -0.481 e. The fourth-order valence-electron chi connectivity index (χ4n) is 3.71. The van der Waals surface area contributed by atoms with E-state index in [4.69, 9.17) is 4.74 Å². The van der Waals surface area contributed by atoms with Crippen LogP contribution in [0.15, 0.2) is 17.6 Å². The summed E-state index contributed by atoms with van der Waals surface area (Å²) < 4.78 is 7.11. The minimum atomic E-state index is -1.04. The molecule has 0 bridgehead atoms. The van der Waals surface area contributed by atoms with Crippen LogP contribution in [0.25, 0.3) is 5.13 Å². The Kier molecular flexibility index (Phi) is 5.15. The number of piperidine rings is 1. The molecule has 3 rings (SSSR count). The zero-order valence-corrected chi connectivity index (χ0v) is 16.0. The van der Waals surface area contributed by atoms with Crippen LogP contribution in [0, 0.1) is 19.3 Å². The van der Waals surface area contributed by atoms with E-state index in [1.165, 1.54) is 18.4 Å². The standard InChI is InChI=1S/C18H23N3O4S/c1-12-9-14(13(2)21(12)17-19-6-8-26-17)15(22)20-7-4-5-18(10-20,11-25-3)16(23)24/h6,8-9H,4-5,7,10-11H2,1-3H3,(H,23,24). The number of nitrogens with zero attached hydrogens (tertiary/aromatic N) is 3. The molecule has 8 heteroatoms. The van der Waals surface area contributed by atoms with E-state index < -0.39 is 11.4 Å². The van der Waals surface area contributed by atoms with E-state index in [0.29, 0.717) is 24.9 Å². The average Bonchev–Trinajstić information content (AvgIpc) is 3.22. The first-order valence-electron chi connectivity index (χ1n) is 8.50. The van der Waals surface area contributed by atoms with Crippen LogP contribution in [-0.2, 0) is 9.53 Å². The highest BCUT2D eigenvalue weighted by molar-refractivity contribution is 7.12. The SMILES string of the molecule is COCC1(C(=O)O)CCCN(C(=O)c2cc(C)n(-c3nccs3)c2C)C1. The van der Waals surface area contributed by atoms with E-state index in [9.17, 15) is 14.7 Å². The fraction of sp³-hybridized carbons (Fsp3) is 0.500. The Bertz CT molecular complexity index is 811. The summed E-state index contributed by atoms with van der Waals surface area (Å²) in [5.74, 6) is -1.05. The van der Waals surface area contributed by atoms with Crippen molar-refractivity contribution in [1.29, 1.82) is 0 Å². The molecule has 0 aromatic carbocycles. The van der Waals surface area contributed by atoms with Crippen molar-refractivity contribution in [3.8, 4) is 5.13 Å². The molecule has 1 unspecified atom stereocenters. The van der Waals surface area contributed by atoms with Gasteiger partial charge < -0.3 is 14.7 Å². The third-order valence-electron chi connectivity index (χ3n) is 5.01. The number of aromatic nitrogens is 2. The smallest absolute Gasteiger partial charge is 0.313 e. The van der Waals surface area contributed by atoms with Crippen LogP contribution in [0.5, 0.6) is 0 Å². The largest absolute Gasteiger partial charge is 0.481 e. The van der Waals surface area contributed by atoms with Crippen molar-refractivity contribution >= 4 is 23.2 Å². The second-order valence-electron chi connectivity index (χ2n) is 6.78. The Balaban J connectivity index is 1.90. The lowest BCUT2D eigenvalue weighted by molar-refractivity contribution is -0.155. The molecule has 1 saturated heterocycles. The van der Waals surface area contributed by atoms with E-state index in [1.54, 1.807) is 11.1 Å². The lowest BCUT2D eigenvalue weighted by Gasteiger charge is -2.39. The van der Waals surface area contributed by atoms with Crippen LogP contribution < -0.4 is 0 Å². The number of thiazole rings is 1. The van der Waals surface area contributed by atoms with Crippen LogP contribution in [0.4, 0.5) is 0 Å². The highest BCUT2D eigenvalue weighted by atomic mass is 32.1. The third kappa shape index (κ3) is 3.14. The van der Waals surface area contributed by atoms with Crippen molar-refractivity contribution in [3.63, 3.8) is 0 Å². The summed E-state index contributed by atoms with van der Waals surface area (Å²) in [6.45, 7) is 4.65. The molecule has 3 heterocycles. The van der Waals surface area contributed by atoms with Crippen molar-refractivity contribution in [3.05, 3.63) is 34.6 Å². The molecule has 0 saturated carbocycles. The summed E-state index contributed by atoms with van der Waals surface area (Å²) in [6.07, 6.45) is 2.89. The summed E-state index contributed by atoms with van der Waals surface area (Å²) in [7, 11) is 1.49. The van der Waals surface area contributed by atoms with Gasteiger partial charge in [-0.3, -0.25) is 14.2 Å². The van der Waals surface area contributed by atoms with Gasteiger partial charge in [-0.05, 0) is 32.8 Å². The molecule has 26 heavy (non-hydrogen) atoms. The maximum atomic E-state index is 13.1. The van der Waals surface area contributed by atoms with E-state index in [2.05, 4.69) is 4.98 Å². The van der Waals surface area contributed by atoms with Crippen molar-refractivity contribution in [2.75, 3.05) is 26.8 Å². The molecule has 1 aliphatic heterocycles. The van der Waals surface area contributed by atoms with Gasteiger partial charge in [-0.1, -0.05) is 0 Å². The van der Waals surface area contributed by atoms with Gasteiger partial charge in [0.1, 0.15) is 5.41 Å². The van der Waals surface area contributed by atoms with Crippen LogP contribution in [0.2, 0.25) is 0 Å². The molecule has 1 amide bonds. The number of rotatable bonds is 5. The molecular formula is C18H23N3O4S. The molecule has 2 aromatic heterocycles. The van der Waals surface area contributed by atoms with E-state index in [0.717, 1.165) is 16.5 Å². The Labute approximate surface area is 156 Å². The van der Waals surface area contributed by atoms with Gasteiger partial charge in [0.2, 0.25) is 0 Å². The highest BCUT2D eigenvalue weighted by Gasteiger charge is 2.44. The number of carboxylic acid groups (broad SMARTS) is 1. The molecule has 2 aromatic rings. The van der Waals surface area contributed by atoms with Gasteiger partial charge >= 0.3 is 5.97 Å². The Hall–Kier alpha value is -2.19. The normalized spacial score (nSPS) is 20.3. The van der Waals surface area contributed by atoms with Crippen molar-refractivity contribution in [2.24, 2.45) is 5.41 Å². The number of likely N-dealkylation sites (tertiary alicyclic amines) is 1. The predicted octanol–water partition coefficient (Wildman–Crippen LogP) is 2.50. The summed E-state index contributed by atoms with van der Waals surface area (Å²) in [4.78, 5) is 30.9. The van der Waals surface area contributed by atoms with Crippen LogP contribution in [0.1, 0.15) is 34.6 Å². The number of hydrogen-bond donors (Lipinski definition) is 1. The molecule has 0 aliphatic carbocycles. The lowest BCUT2D eigenvalue weighted by atomic mass is 9.80. The highest BCUT2D eigenvalue weighted by Crippen LogP contribution is 2.32. The number of hydrogen-bond acceptors (Lipinski definition) is 5. The van der Waals surface area contributed by atoms with Gasteiger partial charge in [-0.15, -0.1) is 11.3 Å². The number of ether oxygens (including phenoxy) is 1. The molecular weight excluding hydrogens is 354 g/mol. The number of carbonyl (C=O) groups excluding carboxylic acids is 1. The van der Waals surface area contributed by atoms with Gasteiger partial charge in [-0.2, -0.15) is 0 Å². The molecule has 1 aliphatic rings. The Morgan fingerprint density at radius 2 is 2.19 bits per heavy atom. The summed E-state index contributed by atoms with van der Waals surface area (Å²) in [5.41, 5.74) is 1.31. The molecule has 1 fully saturated rings. The first-order chi connectivity index (χ1) is 12.4. The second kappa shape index (κ2) is 7.20. The van der Waals surface area contributed by atoms with Crippen molar-refractivity contribution in [1.82, 2.24) is 14.5 Å². The van der Waals surface area contributed by atoms with Crippen LogP contribution in [0.3, 0.4) is 0 Å². The number of methoxy groups -OCH3 is 1. The maximum Gasteiger partial charge on any atom is 0.313 e. The predicted molar refractivity (Wildman–Crippen MR) is 98.0 cm³/mol. The van der Waals surface area contributed by atoms with Crippen LogP contribution >= 0.6 is 11.3 Å². The molecule has 1 N–H and O–H groups in total. The Morgan fingerprint density at radius 1 is 1.42 bits per heavy atom. The number of aryl methyl sites for hydroxylation is 1. The maximum absolute atomic E-state index is 13.1. The average molecular weight is 377 g/mol. The van der Waals surface area contributed by atoms with E-state index >= 15 is 0 Å². The zero-order chi connectivity index (χ0) is 18.9. The Morgan fingerprint density at radius 3 is 2.81 bits per heavy atom.